The first-order valence-electron chi connectivity index (χ1n) is 7.85. The van der Waals surface area contributed by atoms with Crippen LogP contribution in [-0.2, 0) is 5.54 Å². The number of likely N-dealkylation sites (tertiary alicyclic amines) is 1. The third-order valence-corrected chi connectivity index (χ3v) is 5.03. The minimum Gasteiger partial charge on any atom is -0.289 e. The molecule has 1 aromatic carbocycles. The summed E-state index contributed by atoms with van der Waals surface area (Å²) in [5, 5.41) is 0. The van der Waals surface area contributed by atoms with E-state index in [0.717, 1.165) is 37.9 Å². The van der Waals surface area contributed by atoms with Crippen molar-refractivity contribution >= 4 is 0 Å². The molecular weight excluding hydrogens is 256 g/mol. The number of alkyl halides is 2. The number of benzene rings is 1. The van der Waals surface area contributed by atoms with Crippen molar-refractivity contribution < 1.29 is 8.78 Å². The Balaban J connectivity index is 2.06. The molecule has 0 aromatic heterocycles. The zero-order valence-corrected chi connectivity index (χ0v) is 12.0. The van der Waals surface area contributed by atoms with Gasteiger partial charge >= 0.3 is 0 Å². The third-order valence-electron chi connectivity index (χ3n) is 5.03. The molecule has 3 heteroatoms. The Kier molecular flexibility index (Phi) is 3.80. The predicted molar refractivity (Wildman–Crippen MR) is 77.0 cm³/mol. The molecule has 1 aliphatic heterocycles. The number of piperidine rings is 1. The van der Waals surface area contributed by atoms with Gasteiger partial charge in [-0.1, -0.05) is 43.2 Å². The standard InChI is InChI=1S/C17H23F2N/c18-17(19)12-6-5-11-16(17,15-9-3-1-4-10-15)20-13-7-2-8-14-20/h1,3-4,9-10H,2,5-8,11-14H2/t16-/m0/s1. The number of rotatable bonds is 2. The van der Waals surface area contributed by atoms with Gasteiger partial charge in [-0.3, -0.25) is 4.90 Å². The van der Waals surface area contributed by atoms with Crippen molar-refractivity contribution in [2.45, 2.75) is 56.4 Å². The van der Waals surface area contributed by atoms with E-state index >= 15 is 0 Å². The van der Waals surface area contributed by atoms with Gasteiger partial charge in [0.15, 0.2) is 0 Å². The fraction of sp³-hybridized carbons (Fsp3) is 0.647. The second kappa shape index (κ2) is 5.44. The van der Waals surface area contributed by atoms with Crippen LogP contribution in [0.25, 0.3) is 0 Å². The highest BCUT2D eigenvalue weighted by molar-refractivity contribution is 5.29. The molecule has 2 fully saturated rings. The molecule has 1 aliphatic carbocycles. The molecule has 110 valence electrons. The van der Waals surface area contributed by atoms with Crippen molar-refractivity contribution in [3.63, 3.8) is 0 Å². The van der Waals surface area contributed by atoms with E-state index in [1.807, 2.05) is 30.3 Å². The number of hydrogen-bond donors (Lipinski definition) is 0. The Morgan fingerprint density at radius 2 is 1.45 bits per heavy atom. The van der Waals surface area contributed by atoms with Crippen LogP contribution in [0.15, 0.2) is 30.3 Å². The van der Waals surface area contributed by atoms with Crippen LogP contribution < -0.4 is 0 Å². The van der Waals surface area contributed by atoms with Gasteiger partial charge in [-0.15, -0.1) is 0 Å². The first-order chi connectivity index (χ1) is 9.67. The van der Waals surface area contributed by atoms with Gasteiger partial charge in [0.2, 0.25) is 0 Å². The molecule has 20 heavy (non-hydrogen) atoms. The van der Waals surface area contributed by atoms with Gasteiger partial charge in [0.1, 0.15) is 5.54 Å². The molecule has 1 saturated heterocycles. The van der Waals surface area contributed by atoms with Crippen molar-refractivity contribution in [2.24, 2.45) is 0 Å². The zero-order valence-electron chi connectivity index (χ0n) is 12.0. The van der Waals surface area contributed by atoms with Gasteiger partial charge in [0, 0.05) is 6.42 Å². The minimum atomic E-state index is -2.62. The molecule has 0 spiro atoms. The lowest BCUT2D eigenvalue weighted by molar-refractivity contribution is -0.179. The van der Waals surface area contributed by atoms with Crippen LogP contribution in [0.1, 0.15) is 50.5 Å². The molecule has 1 saturated carbocycles. The molecule has 0 amide bonds. The van der Waals surface area contributed by atoms with Crippen LogP contribution in [-0.4, -0.2) is 23.9 Å². The van der Waals surface area contributed by atoms with E-state index in [2.05, 4.69) is 4.90 Å². The van der Waals surface area contributed by atoms with E-state index < -0.39 is 11.5 Å². The summed E-state index contributed by atoms with van der Waals surface area (Å²) in [6, 6.07) is 9.49. The maximum Gasteiger partial charge on any atom is 0.270 e. The summed E-state index contributed by atoms with van der Waals surface area (Å²) >= 11 is 0. The Morgan fingerprint density at radius 1 is 0.800 bits per heavy atom. The van der Waals surface area contributed by atoms with Gasteiger partial charge < -0.3 is 0 Å². The first kappa shape index (κ1) is 14.0. The van der Waals surface area contributed by atoms with Crippen molar-refractivity contribution in [3.8, 4) is 0 Å². The largest absolute Gasteiger partial charge is 0.289 e. The van der Waals surface area contributed by atoms with Crippen LogP contribution in [0.4, 0.5) is 8.78 Å². The second-order valence-electron chi connectivity index (χ2n) is 6.19. The molecule has 0 bridgehead atoms. The molecule has 1 heterocycles. The van der Waals surface area contributed by atoms with Crippen LogP contribution in [0.5, 0.6) is 0 Å². The van der Waals surface area contributed by atoms with E-state index in [0.29, 0.717) is 12.8 Å². The lowest BCUT2D eigenvalue weighted by Crippen LogP contribution is -2.60. The summed E-state index contributed by atoms with van der Waals surface area (Å²) in [7, 11) is 0. The SMILES string of the molecule is FC1(F)CCCC[C@@]1(c1ccccc1)N1CCCCC1. The van der Waals surface area contributed by atoms with Crippen LogP contribution >= 0.6 is 0 Å². The van der Waals surface area contributed by atoms with Crippen LogP contribution in [0.3, 0.4) is 0 Å². The van der Waals surface area contributed by atoms with Gasteiger partial charge in [0.05, 0.1) is 0 Å². The van der Waals surface area contributed by atoms with Gasteiger partial charge in [-0.2, -0.15) is 0 Å². The Labute approximate surface area is 120 Å². The highest BCUT2D eigenvalue weighted by atomic mass is 19.3. The fourth-order valence-corrected chi connectivity index (χ4v) is 4.03. The average molecular weight is 279 g/mol. The van der Waals surface area contributed by atoms with Crippen LogP contribution in [0, 0.1) is 0 Å². The molecule has 1 atom stereocenters. The molecule has 0 N–H and O–H groups in total. The molecule has 0 unspecified atom stereocenters. The van der Waals surface area contributed by atoms with E-state index in [9.17, 15) is 8.78 Å². The quantitative estimate of drug-likeness (QED) is 0.766. The predicted octanol–water partition coefficient (Wildman–Crippen LogP) is 4.58. The zero-order chi connectivity index (χ0) is 14.1. The summed E-state index contributed by atoms with van der Waals surface area (Å²) in [4.78, 5) is 2.09. The van der Waals surface area contributed by atoms with Gasteiger partial charge in [-0.05, 0) is 44.3 Å². The second-order valence-corrected chi connectivity index (χ2v) is 6.19. The van der Waals surface area contributed by atoms with E-state index in [1.54, 1.807) is 0 Å². The van der Waals surface area contributed by atoms with Crippen molar-refractivity contribution in [1.82, 2.24) is 4.90 Å². The van der Waals surface area contributed by atoms with Gasteiger partial charge in [-0.25, -0.2) is 8.78 Å². The third kappa shape index (κ3) is 2.16. The van der Waals surface area contributed by atoms with Crippen molar-refractivity contribution in [1.29, 1.82) is 0 Å². The molecule has 0 radical (unpaired) electrons. The van der Waals surface area contributed by atoms with E-state index in [-0.39, 0.29) is 6.42 Å². The lowest BCUT2D eigenvalue weighted by atomic mass is 9.71. The first-order valence-corrected chi connectivity index (χ1v) is 7.85. The maximum absolute atomic E-state index is 15.0. The molecular formula is C17H23F2N. The summed E-state index contributed by atoms with van der Waals surface area (Å²) in [6.07, 6.45) is 5.43. The Morgan fingerprint density at radius 3 is 2.10 bits per heavy atom. The monoisotopic (exact) mass is 279 g/mol. The summed E-state index contributed by atoms with van der Waals surface area (Å²) < 4.78 is 29.9. The number of halogens is 2. The minimum absolute atomic E-state index is 0.0262. The van der Waals surface area contributed by atoms with Crippen molar-refractivity contribution in [2.75, 3.05) is 13.1 Å². The summed E-state index contributed by atoms with van der Waals surface area (Å²) in [5.74, 6) is -2.62. The normalized spacial score (nSPS) is 31.1. The van der Waals surface area contributed by atoms with Crippen LogP contribution in [0.2, 0.25) is 0 Å². The summed E-state index contributed by atoms with van der Waals surface area (Å²) in [6.45, 7) is 1.62. The number of hydrogen-bond acceptors (Lipinski definition) is 1. The highest BCUT2D eigenvalue weighted by Gasteiger charge is 2.58. The maximum atomic E-state index is 15.0. The van der Waals surface area contributed by atoms with E-state index in [4.69, 9.17) is 0 Å². The van der Waals surface area contributed by atoms with Gasteiger partial charge in [0.25, 0.3) is 5.92 Å². The topological polar surface area (TPSA) is 3.24 Å². The molecule has 1 nitrogen and oxygen atoms in total. The Hall–Kier alpha value is -0.960. The van der Waals surface area contributed by atoms with E-state index in [1.165, 1.54) is 6.42 Å². The highest BCUT2D eigenvalue weighted by Crippen LogP contribution is 2.52. The Bertz CT molecular complexity index is 440. The average Bonchev–Trinajstić information content (AvgIpc) is 2.49. The lowest BCUT2D eigenvalue weighted by Gasteiger charge is -2.52. The molecule has 2 aliphatic rings. The number of nitrogens with zero attached hydrogens (tertiary/aromatic N) is 1. The molecule has 3 rings (SSSR count). The molecule has 1 aromatic rings. The fourth-order valence-electron chi connectivity index (χ4n) is 4.03. The van der Waals surface area contributed by atoms with Crippen molar-refractivity contribution in [3.05, 3.63) is 35.9 Å². The smallest absolute Gasteiger partial charge is 0.270 e. The summed E-state index contributed by atoms with van der Waals surface area (Å²) in [5.41, 5.74) is -0.251.